The van der Waals surface area contributed by atoms with Gasteiger partial charge in [0.05, 0.1) is 36.0 Å². The van der Waals surface area contributed by atoms with Crippen LogP contribution in [-0.2, 0) is 44.0 Å². The Morgan fingerprint density at radius 1 is 0.670 bits per heavy atom. The van der Waals surface area contributed by atoms with Crippen molar-refractivity contribution in [1.82, 2.24) is 56.3 Å². The number of carbonyl (C=O) groups is 8. The molecule has 15 N–H and O–H groups in total. The number of fused-ring (bicyclic) bond motifs is 3. The number of piperidine rings is 2. The molecular formula is C55H65N17O14S2. The molecule has 5 heterocycles. The number of guanidine groups is 3. The van der Waals surface area contributed by atoms with E-state index >= 15 is 0 Å². The van der Waals surface area contributed by atoms with Gasteiger partial charge in [-0.15, -0.1) is 0 Å². The standard InChI is InChI=1S/C55H65N17O14S2/c56-52(57)64-36-24-33(23-35(27-36)47(75)68-69-55(82)63-29-42(51(80)81)66-48(76)43-12-7-20-71(43)87(83,84)39-8-3-1-4-9-39)32-22-34(26-37(25-32)65-54-60-19-21-70(54)53-58-17-18-59-53)46(74)62-30-44(73)61-28-41(50(78)79)67-49(77)45-31-13-15-38(16-14-31)72(45)88(85,86)40-10-5-2-6-11-40/h1-6,8-11,22-27,31,38,41-43,45H,7,12-21,28-30H2,(H,58,59)(H,60,65)(H,61,73)(H,62,74)(H,66,76)(H,67,77)(H,68,75)(H,78,79)(H,80,81)(H4,56,57,64)(H2,63,69,82)/t31?,38?,41-,42-,43+,45?/m1/s1. The van der Waals surface area contributed by atoms with Gasteiger partial charge >= 0.3 is 18.0 Å². The molecule has 0 radical (unpaired) electrons. The number of aliphatic imine (C=N–C) groups is 2. The van der Waals surface area contributed by atoms with Crippen molar-refractivity contribution in [2.24, 2.45) is 21.6 Å². The molecule has 31 nitrogen and oxygen atoms in total. The van der Waals surface area contributed by atoms with Gasteiger partial charge in [0.2, 0.25) is 49.7 Å². The van der Waals surface area contributed by atoms with E-state index in [1.165, 1.54) is 71.0 Å². The molecule has 0 spiro atoms. The summed E-state index contributed by atoms with van der Waals surface area (Å²) in [6, 6.07) is 16.2. The van der Waals surface area contributed by atoms with Crippen molar-refractivity contribution in [2.75, 3.05) is 63.0 Å². The molecule has 7 amide bonds. The molecule has 3 saturated heterocycles. The second kappa shape index (κ2) is 27.3. The van der Waals surface area contributed by atoms with Crippen molar-refractivity contribution in [1.29, 1.82) is 5.41 Å². The number of urea groups is 1. The Kier molecular flexibility index (Phi) is 19.5. The SMILES string of the molecule is N=C(N)Nc1cc(C(=O)NNC(=O)NC[C@@H](NC(=O)[C@@H]2CCCN2S(=O)(=O)c2ccccc2)C(=O)O)cc(-c2cc(NC3=NCCN3C3=NCCN3)cc(C(=O)NCC(=O)NC[C@@H](NC(=O)C3C4CCC(CC4)N3S(=O)(=O)c3ccccc3)C(=O)O)c2)c1. The van der Waals surface area contributed by atoms with Crippen molar-refractivity contribution >= 4 is 96.8 Å². The van der Waals surface area contributed by atoms with E-state index < -0.39 is 123 Å². The first-order valence-corrected chi connectivity index (χ1v) is 30.8. The minimum atomic E-state index is -4.16. The van der Waals surface area contributed by atoms with Gasteiger partial charge in [-0.1, -0.05) is 36.4 Å². The van der Waals surface area contributed by atoms with Gasteiger partial charge in [0.25, 0.3) is 11.8 Å². The number of nitrogens with one attached hydrogen (secondary N) is 11. The molecule has 10 rings (SSSR count). The third-order valence-electron chi connectivity index (χ3n) is 15.2. The maximum atomic E-state index is 14.1. The Labute approximate surface area is 504 Å². The number of benzene rings is 4. The average molecular weight is 1250 g/mol. The molecule has 1 saturated carbocycles. The lowest BCUT2D eigenvalue weighted by molar-refractivity contribution is -0.143. The van der Waals surface area contributed by atoms with E-state index in [-0.39, 0.29) is 62.3 Å². The normalized spacial score (nSPS) is 19.8. The highest BCUT2D eigenvalue weighted by atomic mass is 32.2. The number of rotatable bonds is 21. The third-order valence-corrected chi connectivity index (χ3v) is 19.0. The average Bonchev–Trinajstić information content (AvgIpc) is 1.07. The first-order valence-electron chi connectivity index (χ1n) is 28.0. The van der Waals surface area contributed by atoms with E-state index in [2.05, 4.69) is 63.4 Å². The number of carboxylic acid groups (broad SMARTS) is 2. The van der Waals surface area contributed by atoms with E-state index in [9.17, 15) is 65.4 Å². The van der Waals surface area contributed by atoms with Gasteiger partial charge in [0, 0.05) is 54.7 Å². The highest BCUT2D eigenvalue weighted by Crippen LogP contribution is 2.43. The van der Waals surface area contributed by atoms with Gasteiger partial charge in [0.1, 0.15) is 24.2 Å². The molecule has 33 heteroatoms. The number of carbonyl (C=O) groups excluding carboxylic acids is 6. The summed E-state index contributed by atoms with van der Waals surface area (Å²) in [5, 5.41) is 48.9. The molecule has 4 fully saturated rings. The summed E-state index contributed by atoms with van der Waals surface area (Å²) in [6.07, 6.45) is 2.63. The largest absolute Gasteiger partial charge is 0.480 e. The first kappa shape index (κ1) is 62.8. The third kappa shape index (κ3) is 14.7. The summed E-state index contributed by atoms with van der Waals surface area (Å²) < 4.78 is 56.7. The van der Waals surface area contributed by atoms with Crippen LogP contribution in [0.25, 0.3) is 11.1 Å². The molecule has 1 aliphatic carbocycles. The quantitative estimate of drug-likeness (QED) is 0.0273. The summed E-state index contributed by atoms with van der Waals surface area (Å²) in [4.78, 5) is 117. The molecule has 6 aliphatic rings. The zero-order chi connectivity index (χ0) is 62.9. The monoisotopic (exact) mass is 1250 g/mol. The lowest BCUT2D eigenvalue weighted by atomic mass is 9.76. The van der Waals surface area contributed by atoms with Gasteiger partial charge < -0.3 is 58.5 Å². The molecule has 4 aromatic carbocycles. The van der Waals surface area contributed by atoms with Crippen LogP contribution in [0.4, 0.5) is 16.2 Å². The van der Waals surface area contributed by atoms with Crippen LogP contribution in [0.3, 0.4) is 0 Å². The number of sulfonamides is 2. The molecule has 5 aliphatic heterocycles. The fraction of sp³-hybridized carbons (Fsp3) is 0.364. The molecule has 2 bridgehead atoms. The van der Waals surface area contributed by atoms with E-state index in [0.717, 1.165) is 4.31 Å². The van der Waals surface area contributed by atoms with Crippen molar-refractivity contribution in [2.45, 2.75) is 78.5 Å². The van der Waals surface area contributed by atoms with Crippen LogP contribution in [0, 0.1) is 11.3 Å². The molecule has 4 aromatic rings. The number of nitrogens with two attached hydrogens (primary N) is 1. The Bertz CT molecular complexity index is 3680. The van der Waals surface area contributed by atoms with Gasteiger partial charge in [-0.05, 0) is 116 Å². The zero-order valence-electron chi connectivity index (χ0n) is 47.0. The maximum absolute atomic E-state index is 14.1. The highest BCUT2D eigenvalue weighted by Gasteiger charge is 2.51. The van der Waals surface area contributed by atoms with E-state index in [1.54, 1.807) is 35.2 Å². The van der Waals surface area contributed by atoms with Crippen LogP contribution in [0.5, 0.6) is 0 Å². The summed E-state index contributed by atoms with van der Waals surface area (Å²) in [5.41, 5.74) is 10.6. The van der Waals surface area contributed by atoms with E-state index in [4.69, 9.17) is 11.1 Å². The van der Waals surface area contributed by atoms with E-state index in [1.807, 2.05) is 0 Å². The van der Waals surface area contributed by atoms with Crippen LogP contribution in [0.1, 0.15) is 59.2 Å². The van der Waals surface area contributed by atoms with Crippen molar-refractivity contribution in [3.8, 4) is 11.1 Å². The summed E-state index contributed by atoms with van der Waals surface area (Å²) in [7, 11) is -8.27. The van der Waals surface area contributed by atoms with Crippen molar-refractivity contribution < 1.29 is 65.4 Å². The Morgan fingerprint density at radius 2 is 1.27 bits per heavy atom. The molecule has 0 aromatic heterocycles. The number of hydrogen-bond donors (Lipinski definition) is 14. The van der Waals surface area contributed by atoms with Gasteiger partial charge in [-0.3, -0.25) is 49.7 Å². The predicted octanol–water partition coefficient (Wildman–Crippen LogP) is -0.884. The van der Waals surface area contributed by atoms with Gasteiger partial charge in [-0.25, -0.2) is 36.6 Å². The summed E-state index contributed by atoms with van der Waals surface area (Å²) >= 11 is 0. The predicted molar refractivity (Wildman–Crippen MR) is 317 cm³/mol. The Morgan fingerprint density at radius 3 is 1.90 bits per heavy atom. The lowest BCUT2D eigenvalue weighted by Crippen LogP contribution is -2.64. The zero-order valence-corrected chi connectivity index (χ0v) is 48.7. The number of nitrogens with zero attached hydrogens (tertiary/aromatic N) is 5. The van der Waals surface area contributed by atoms with Crippen LogP contribution in [0.2, 0.25) is 0 Å². The van der Waals surface area contributed by atoms with E-state index in [0.29, 0.717) is 70.2 Å². The smallest absolute Gasteiger partial charge is 0.333 e. The number of anilines is 2. The fourth-order valence-electron chi connectivity index (χ4n) is 11.0. The Hall–Kier alpha value is -9.73. The topological polar surface area (TPSA) is 450 Å². The van der Waals surface area contributed by atoms with Crippen LogP contribution < -0.4 is 59.1 Å². The fourth-order valence-corrected chi connectivity index (χ4v) is 14.6. The summed E-state index contributed by atoms with van der Waals surface area (Å²) in [6.45, 7) is -0.0519. The number of amides is 7. The number of aliphatic carboxylic acids is 2. The highest BCUT2D eigenvalue weighted by molar-refractivity contribution is 7.89. The lowest BCUT2D eigenvalue weighted by Gasteiger charge is -2.49. The maximum Gasteiger partial charge on any atom is 0.333 e. The first-order chi connectivity index (χ1) is 42.1. The van der Waals surface area contributed by atoms with Crippen molar-refractivity contribution in [3.05, 3.63) is 108 Å². The Balaban J connectivity index is 0.867. The molecule has 1 unspecified atom stereocenters. The number of carboxylic acids is 2. The van der Waals surface area contributed by atoms with Crippen molar-refractivity contribution in [3.63, 3.8) is 0 Å². The molecule has 4 atom stereocenters. The molecular weight excluding hydrogens is 1190 g/mol. The van der Waals surface area contributed by atoms with Crippen LogP contribution in [0.15, 0.2) is 117 Å². The van der Waals surface area contributed by atoms with Gasteiger partial charge in [-0.2, -0.15) is 8.61 Å². The van der Waals surface area contributed by atoms with Crippen LogP contribution >= 0.6 is 0 Å². The molecule has 466 valence electrons. The second-order valence-corrected chi connectivity index (χ2v) is 24.8. The number of hydrogen-bond acceptors (Lipinski definition) is 18. The molecule has 88 heavy (non-hydrogen) atoms. The van der Waals surface area contributed by atoms with Crippen LogP contribution in [-0.4, -0.2) is 189 Å². The summed E-state index contributed by atoms with van der Waals surface area (Å²) in [5.74, 6) is -7.40. The second-order valence-electron chi connectivity index (χ2n) is 21.1. The number of hydrazine groups is 1. The minimum Gasteiger partial charge on any atom is -0.480 e. The minimum absolute atomic E-state index is 0.00695. The van der Waals surface area contributed by atoms with Gasteiger partial charge in [0.15, 0.2) is 5.96 Å².